The number of fused-ring (bicyclic) bond motifs is 1. The first kappa shape index (κ1) is 11.5. The van der Waals surface area contributed by atoms with Gasteiger partial charge in [-0.15, -0.1) is 0 Å². The van der Waals surface area contributed by atoms with E-state index in [2.05, 4.69) is 36.3 Å². The number of benzene rings is 1. The fourth-order valence-electron chi connectivity index (χ4n) is 2.57. The Labute approximate surface area is 107 Å². The molecule has 1 fully saturated rings. The van der Waals surface area contributed by atoms with Crippen LogP contribution >= 0.6 is 0 Å². The molecule has 18 heavy (non-hydrogen) atoms. The van der Waals surface area contributed by atoms with Crippen LogP contribution in [0.25, 0.3) is 10.8 Å². The Morgan fingerprint density at radius 3 is 2.89 bits per heavy atom. The first-order valence-corrected chi connectivity index (χ1v) is 6.36. The van der Waals surface area contributed by atoms with Crippen molar-refractivity contribution in [1.82, 2.24) is 4.98 Å². The van der Waals surface area contributed by atoms with Crippen LogP contribution < -0.4 is 5.32 Å². The highest BCUT2D eigenvalue weighted by Gasteiger charge is 2.47. The molecule has 0 amide bonds. The first-order chi connectivity index (χ1) is 8.59. The molecule has 1 heterocycles. The van der Waals surface area contributed by atoms with E-state index >= 15 is 0 Å². The zero-order valence-electron chi connectivity index (χ0n) is 10.7. The zero-order valence-corrected chi connectivity index (χ0v) is 10.7. The summed E-state index contributed by atoms with van der Waals surface area (Å²) in [6.45, 7) is 4.20. The maximum Gasteiger partial charge on any atom is 0.0630 e. The van der Waals surface area contributed by atoms with Gasteiger partial charge in [0.2, 0.25) is 0 Å². The van der Waals surface area contributed by atoms with E-state index in [0.717, 1.165) is 17.5 Å². The van der Waals surface area contributed by atoms with Crippen LogP contribution in [0.15, 0.2) is 36.7 Å². The number of pyridine rings is 1. The Bertz CT molecular complexity index is 574. The second kappa shape index (κ2) is 3.95. The molecule has 94 valence electrons. The lowest BCUT2D eigenvalue weighted by molar-refractivity contribution is -0.0510. The first-order valence-electron chi connectivity index (χ1n) is 6.36. The van der Waals surface area contributed by atoms with Crippen molar-refractivity contribution in [3.05, 3.63) is 36.7 Å². The van der Waals surface area contributed by atoms with Crippen molar-refractivity contribution in [2.24, 2.45) is 5.41 Å². The minimum atomic E-state index is -0.205. The zero-order chi connectivity index (χ0) is 12.8. The molecule has 0 aliphatic heterocycles. The van der Waals surface area contributed by atoms with Gasteiger partial charge in [0, 0.05) is 34.9 Å². The Balaban J connectivity index is 1.92. The molecule has 1 aliphatic carbocycles. The van der Waals surface area contributed by atoms with E-state index in [-0.39, 0.29) is 11.5 Å². The van der Waals surface area contributed by atoms with Crippen molar-refractivity contribution < 1.29 is 5.11 Å². The highest BCUT2D eigenvalue weighted by molar-refractivity contribution is 5.93. The van der Waals surface area contributed by atoms with Gasteiger partial charge in [-0.3, -0.25) is 4.98 Å². The molecule has 0 saturated heterocycles. The predicted octanol–water partition coefficient (Wildman–Crippen LogP) is 2.81. The number of hydrogen-bond acceptors (Lipinski definition) is 3. The van der Waals surface area contributed by atoms with Crippen molar-refractivity contribution in [3.63, 3.8) is 0 Å². The number of nitrogens with one attached hydrogen (secondary N) is 1. The number of aliphatic hydroxyl groups excluding tert-OH is 1. The SMILES string of the molecule is CC1(C)C(O)CC1Nc1cccc2ccncc12. The van der Waals surface area contributed by atoms with Gasteiger partial charge in [-0.25, -0.2) is 0 Å². The van der Waals surface area contributed by atoms with Gasteiger partial charge in [-0.05, 0) is 23.9 Å². The van der Waals surface area contributed by atoms with Gasteiger partial charge in [-0.2, -0.15) is 0 Å². The number of rotatable bonds is 2. The molecule has 0 bridgehead atoms. The highest BCUT2D eigenvalue weighted by Crippen LogP contribution is 2.42. The molecule has 1 aromatic heterocycles. The summed E-state index contributed by atoms with van der Waals surface area (Å²) < 4.78 is 0. The molecule has 1 saturated carbocycles. The van der Waals surface area contributed by atoms with Crippen molar-refractivity contribution in [3.8, 4) is 0 Å². The van der Waals surface area contributed by atoms with Crippen molar-refractivity contribution in [2.75, 3.05) is 5.32 Å². The van der Waals surface area contributed by atoms with E-state index in [4.69, 9.17) is 0 Å². The quantitative estimate of drug-likeness (QED) is 0.851. The van der Waals surface area contributed by atoms with Gasteiger partial charge in [0.1, 0.15) is 0 Å². The predicted molar refractivity (Wildman–Crippen MR) is 73.6 cm³/mol. The maximum absolute atomic E-state index is 9.79. The summed E-state index contributed by atoms with van der Waals surface area (Å²) in [6, 6.07) is 8.54. The lowest BCUT2D eigenvalue weighted by Gasteiger charge is -2.50. The van der Waals surface area contributed by atoms with E-state index in [1.165, 1.54) is 5.39 Å². The van der Waals surface area contributed by atoms with Crippen LogP contribution in [0.1, 0.15) is 20.3 Å². The minimum Gasteiger partial charge on any atom is -0.392 e. The molecule has 2 aromatic rings. The van der Waals surface area contributed by atoms with Crippen molar-refractivity contribution >= 4 is 16.5 Å². The van der Waals surface area contributed by atoms with Gasteiger partial charge in [0.25, 0.3) is 0 Å². The van der Waals surface area contributed by atoms with Crippen molar-refractivity contribution in [1.29, 1.82) is 0 Å². The summed E-state index contributed by atoms with van der Waals surface area (Å²) in [4.78, 5) is 4.19. The third-order valence-electron chi connectivity index (χ3n) is 4.23. The lowest BCUT2D eigenvalue weighted by Crippen LogP contribution is -2.56. The van der Waals surface area contributed by atoms with E-state index in [1.54, 1.807) is 0 Å². The summed E-state index contributed by atoms with van der Waals surface area (Å²) in [5.74, 6) is 0. The molecule has 0 spiro atoms. The molecular weight excluding hydrogens is 224 g/mol. The van der Waals surface area contributed by atoms with Crippen LogP contribution in [0, 0.1) is 5.41 Å². The van der Waals surface area contributed by atoms with Crippen LogP contribution in [0.5, 0.6) is 0 Å². The van der Waals surface area contributed by atoms with Gasteiger partial charge in [-0.1, -0.05) is 26.0 Å². The molecule has 0 radical (unpaired) electrons. The second-order valence-corrected chi connectivity index (χ2v) is 5.67. The topological polar surface area (TPSA) is 45.1 Å². The van der Waals surface area contributed by atoms with Crippen LogP contribution in [0.4, 0.5) is 5.69 Å². The summed E-state index contributed by atoms with van der Waals surface area (Å²) in [6.07, 6.45) is 4.30. The normalized spacial score (nSPS) is 25.7. The third-order valence-corrected chi connectivity index (χ3v) is 4.23. The van der Waals surface area contributed by atoms with Gasteiger partial charge < -0.3 is 10.4 Å². The van der Waals surface area contributed by atoms with E-state index in [1.807, 2.05) is 24.5 Å². The highest BCUT2D eigenvalue weighted by atomic mass is 16.3. The van der Waals surface area contributed by atoms with Crippen LogP contribution in [-0.2, 0) is 0 Å². The largest absolute Gasteiger partial charge is 0.392 e. The molecular formula is C15H18N2O. The minimum absolute atomic E-state index is 0.0651. The van der Waals surface area contributed by atoms with E-state index in [0.29, 0.717) is 6.04 Å². The van der Waals surface area contributed by atoms with E-state index in [9.17, 15) is 5.11 Å². The summed E-state index contributed by atoms with van der Waals surface area (Å²) in [5, 5.41) is 15.7. The maximum atomic E-state index is 9.79. The van der Waals surface area contributed by atoms with Gasteiger partial charge in [0.05, 0.1) is 6.10 Å². The van der Waals surface area contributed by atoms with Crippen molar-refractivity contribution in [2.45, 2.75) is 32.4 Å². The molecule has 3 rings (SSSR count). The molecule has 2 atom stereocenters. The number of anilines is 1. The summed E-state index contributed by atoms with van der Waals surface area (Å²) in [5.41, 5.74) is 1.04. The third kappa shape index (κ3) is 1.66. The monoisotopic (exact) mass is 242 g/mol. The average Bonchev–Trinajstić information content (AvgIpc) is 2.39. The molecule has 3 nitrogen and oxygen atoms in total. The summed E-state index contributed by atoms with van der Waals surface area (Å²) >= 11 is 0. The Morgan fingerprint density at radius 1 is 1.33 bits per heavy atom. The fraction of sp³-hybridized carbons (Fsp3) is 0.400. The molecule has 3 heteroatoms. The number of nitrogens with zero attached hydrogens (tertiary/aromatic N) is 1. The Hall–Kier alpha value is -1.61. The number of aromatic nitrogens is 1. The Kier molecular flexibility index (Phi) is 2.52. The smallest absolute Gasteiger partial charge is 0.0630 e. The molecule has 1 aromatic carbocycles. The standard InChI is InChI=1S/C15H18N2O/c1-15(2)13(8-14(15)18)17-12-5-3-4-10-6-7-16-9-11(10)12/h3-7,9,13-14,17-18H,8H2,1-2H3. The van der Waals surface area contributed by atoms with Crippen LogP contribution in [0.2, 0.25) is 0 Å². The lowest BCUT2D eigenvalue weighted by atomic mass is 9.64. The number of hydrogen-bond donors (Lipinski definition) is 2. The number of aliphatic hydroxyl groups is 1. The fourth-order valence-corrected chi connectivity index (χ4v) is 2.57. The second-order valence-electron chi connectivity index (χ2n) is 5.67. The average molecular weight is 242 g/mol. The van der Waals surface area contributed by atoms with Crippen LogP contribution in [-0.4, -0.2) is 22.2 Å². The molecule has 1 aliphatic rings. The van der Waals surface area contributed by atoms with Crippen LogP contribution in [0.3, 0.4) is 0 Å². The summed E-state index contributed by atoms with van der Waals surface area (Å²) in [7, 11) is 0. The molecule has 2 N–H and O–H groups in total. The Morgan fingerprint density at radius 2 is 2.17 bits per heavy atom. The van der Waals surface area contributed by atoms with Gasteiger partial charge >= 0.3 is 0 Å². The van der Waals surface area contributed by atoms with E-state index < -0.39 is 0 Å². The van der Waals surface area contributed by atoms with Gasteiger partial charge in [0.15, 0.2) is 0 Å². The molecule has 2 unspecified atom stereocenters.